The molecule has 4 nitrogen and oxygen atoms in total. The molecule has 0 unspecified atom stereocenters. The summed E-state index contributed by atoms with van der Waals surface area (Å²) in [5.41, 5.74) is 9.67. The molecule has 2 aromatic rings. The summed E-state index contributed by atoms with van der Waals surface area (Å²) in [5, 5.41) is 3.04. The number of rotatable bonds is 5. The van der Waals surface area contributed by atoms with Crippen LogP contribution in [0.3, 0.4) is 0 Å². The van der Waals surface area contributed by atoms with Crippen LogP contribution in [0.4, 0.5) is 11.4 Å². The summed E-state index contributed by atoms with van der Waals surface area (Å²) in [7, 11) is 1.65. The number of carbonyl (C=O) groups excluding carboxylic acids is 1. The van der Waals surface area contributed by atoms with Gasteiger partial charge in [-0.05, 0) is 80.2 Å². The minimum Gasteiger partial charge on any atom is -0.496 e. The van der Waals surface area contributed by atoms with E-state index < -0.39 is 0 Å². The van der Waals surface area contributed by atoms with E-state index in [1.807, 2.05) is 43.3 Å². The molecule has 0 bridgehead atoms. The van der Waals surface area contributed by atoms with Crippen LogP contribution in [-0.4, -0.2) is 13.0 Å². The fourth-order valence-electron chi connectivity index (χ4n) is 4.14. The van der Waals surface area contributed by atoms with Crippen molar-refractivity contribution in [2.45, 2.75) is 59.8 Å². The van der Waals surface area contributed by atoms with Gasteiger partial charge >= 0.3 is 0 Å². The molecule has 0 aliphatic heterocycles. The van der Waals surface area contributed by atoms with Gasteiger partial charge < -0.3 is 15.8 Å². The van der Waals surface area contributed by atoms with Crippen LogP contribution in [0.2, 0.25) is 0 Å². The van der Waals surface area contributed by atoms with Gasteiger partial charge in [-0.3, -0.25) is 4.79 Å². The smallest absolute Gasteiger partial charge is 0.227 e. The van der Waals surface area contributed by atoms with E-state index in [4.69, 9.17) is 10.5 Å². The second-order valence-electron chi connectivity index (χ2n) is 8.69. The highest BCUT2D eigenvalue weighted by atomic mass is 79.9. The molecular formula is C26H37BrN2O2. The van der Waals surface area contributed by atoms with Crippen molar-refractivity contribution in [3.63, 3.8) is 0 Å². The van der Waals surface area contributed by atoms with Gasteiger partial charge in [-0.15, -0.1) is 0 Å². The Hall–Kier alpha value is -2.01. The first kappa shape index (κ1) is 25.3. The molecule has 1 aliphatic rings. The number of carbonyl (C=O) groups is 1. The van der Waals surface area contributed by atoms with E-state index in [1.54, 1.807) is 7.11 Å². The van der Waals surface area contributed by atoms with Gasteiger partial charge in [-0.1, -0.05) is 48.8 Å². The van der Waals surface area contributed by atoms with Gasteiger partial charge in [0.05, 0.1) is 7.11 Å². The van der Waals surface area contributed by atoms with Gasteiger partial charge in [0, 0.05) is 27.8 Å². The van der Waals surface area contributed by atoms with Crippen molar-refractivity contribution in [3.05, 3.63) is 52.0 Å². The third-order valence-corrected chi connectivity index (χ3v) is 7.01. The molecule has 1 saturated carbocycles. The molecule has 0 radical (unpaired) electrons. The molecule has 0 aromatic heterocycles. The van der Waals surface area contributed by atoms with Crippen molar-refractivity contribution in [1.82, 2.24) is 0 Å². The highest BCUT2D eigenvalue weighted by molar-refractivity contribution is 9.10. The summed E-state index contributed by atoms with van der Waals surface area (Å²) in [5.74, 6) is 2.65. The topological polar surface area (TPSA) is 64.3 Å². The van der Waals surface area contributed by atoms with Crippen molar-refractivity contribution in [1.29, 1.82) is 0 Å². The van der Waals surface area contributed by atoms with E-state index in [2.05, 4.69) is 42.0 Å². The van der Waals surface area contributed by atoms with E-state index in [-0.39, 0.29) is 11.8 Å². The van der Waals surface area contributed by atoms with Crippen LogP contribution in [0, 0.1) is 24.7 Å². The Morgan fingerprint density at radius 3 is 2.39 bits per heavy atom. The number of aryl methyl sites for hydroxylation is 1. The van der Waals surface area contributed by atoms with Crippen LogP contribution in [-0.2, 0) is 11.2 Å². The maximum absolute atomic E-state index is 12.4. The van der Waals surface area contributed by atoms with Crippen LogP contribution in [0.25, 0.3) is 0 Å². The number of methoxy groups -OCH3 is 1. The molecule has 3 rings (SSSR count). The first-order chi connectivity index (χ1) is 14.8. The molecule has 5 heteroatoms. The monoisotopic (exact) mass is 488 g/mol. The van der Waals surface area contributed by atoms with E-state index >= 15 is 0 Å². The summed E-state index contributed by atoms with van der Waals surface area (Å²) < 4.78 is 6.41. The van der Waals surface area contributed by atoms with Crippen LogP contribution >= 0.6 is 15.9 Å². The van der Waals surface area contributed by atoms with Gasteiger partial charge in [0.15, 0.2) is 0 Å². The number of ether oxygens (including phenoxy) is 1. The van der Waals surface area contributed by atoms with Gasteiger partial charge in [0.1, 0.15) is 5.75 Å². The summed E-state index contributed by atoms with van der Waals surface area (Å²) in [4.78, 5) is 12.4. The average molecular weight is 489 g/mol. The molecule has 0 heterocycles. The third kappa shape index (κ3) is 7.27. The van der Waals surface area contributed by atoms with E-state index in [1.165, 1.54) is 18.4 Å². The lowest BCUT2D eigenvalue weighted by atomic mass is 9.76. The first-order valence-corrected chi connectivity index (χ1v) is 12.0. The average Bonchev–Trinajstić information content (AvgIpc) is 2.75. The van der Waals surface area contributed by atoms with Crippen LogP contribution in [0.15, 0.2) is 40.9 Å². The van der Waals surface area contributed by atoms with Crippen molar-refractivity contribution < 1.29 is 9.53 Å². The molecule has 0 spiro atoms. The molecule has 1 amide bonds. The number of hydrogen-bond acceptors (Lipinski definition) is 3. The zero-order chi connectivity index (χ0) is 23.0. The number of anilines is 2. The molecular weight excluding hydrogens is 452 g/mol. The largest absolute Gasteiger partial charge is 0.496 e. The molecule has 170 valence electrons. The van der Waals surface area contributed by atoms with E-state index in [9.17, 15) is 4.79 Å². The zero-order valence-electron chi connectivity index (χ0n) is 19.5. The fourth-order valence-corrected chi connectivity index (χ4v) is 4.80. The second kappa shape index (κ2) is 12.1. The van der Waals surface area contributed by atoms with Gasteiger partial charge in [-0.2, -0.15) is 0 Å². The Morgan fingerprint density at radius 1 is 1.19 bits per heavy atom. The number of amides is 1. The number of hydrogen-bond donors (Lipinski definition) is 2. The number of nitrogens with one attached hydrogen (secondary N) is 1. The molecule has 1 fully saturated rings. The predicted molar refractivity (Wildman–Crippen MR) is 135 cm³/mol. The Kier molecular flexibility index (Phi) is 9.89. The molecule has 0 saturated heterocycles. The summed E-state index contributed by atoms with van der Waals surface area (Å²) in [6.45, 7) is 8.65. The van der Waals surface area contributed by atoms with Crippen molar-refractivity contribution >= 4 is 33.2 Å². The summed E-state index contributed by atoms with van der Waals surface area (Å²) in [6.07, 6.45) is 5.35. The molecule has 1 aliphatic carbocycles. The molecule has 0 atom stereocenters. The van der Waals surface area contributed by atoms with Gasteiger partial charge in [-0.25, -0.2) is 0 Å². The lowest BCUT2D eigenvalue weighted by Gasteiger charge is -2.30. The summed E-state index contributed by atoms with van der Waals surface area (Å²) >= 11 is 3.43. The zero-order valence-corrected chi connectivity index (χ0v) is 21.1. The SMILES string of the molecule is CCc1c(N)cccc1Br.COc1cc(NC(=O)C2CCC(C(C)C)CC2)ccc1C. The Labute approximate surface area is 196 Å². The fraction of sp³-hybridized carbons (Fsp3) is 0.500. The first-order valence-electron chi connectivity index (χ1n) is 11.2. The maximum atomic E-state index is 12.4. The Morgan fingerprint density at radius 2 is 1.87 bits per heavy atom. The maximum Gasteiger partial charge on any atom is 0.227 e. The second-order valence-corrected chi connectivity index (χ2v) is 9.54. The van der Waals surface area contributed by atoms with E-state index in [0.717, 1.165) is 58.3 Å². The lowest BCUT2D eigenvalue weighted by Crippen LogP contribution is -2.28. The van der Waals surface area contributed by atoms with Gasteiger partial charge in [0.2, 0.25) is 5.91 Å². The number of halogens is 1. The van der Waals surface area contributed by atoms with Crippen LogP contribution < -0.4 is 15.8 Å². The number of nitrogens with two attached hydrogens (primary N) is 1. The highest BCUT2D eigenvalue weighted by Crippen LogP contribution is 2.34. The Bertz CT molecular complexity index is 838. The summed E-state index contributed by atoms with van der Waals surface area (Å²) in [6, 6.07) is 11.7. The van der Waals surface area contributed by atoms with Crippen molar-refractivity contribution in [3.8, 4) is 5.75 Å². The van der Waals surface area contributed by atoms with Crippen LogP contribution in [0.1, 0.15) is 57.6 Å². The predicted octanol–water partition coefficient (Wildman–Crippen LogP) is 7.00. The van der Waals surface area contributed by atoms with Crippen LogP contribution in [0.5, 0.6) is 5.75 Å². The highest BCUT2D eigenvalue weighted by Gasteiger charge is 2.27. The van der Waals surface area contributed by atoms with Gasteiger partial charge in [0.25, 0.3) is 0 Å². The molecule has 3 N–H and O–H groups in total. The number of nitrogen functional groups attached to an aromatic ring is 1. The standard InChI is InChI=1S/C18H27NO2.C8H10BrN/c1-12(2)14-6-8-15(9-7-14)18(20)19-16-10-5-13(3)17(11-16)21-4;1-2-6-7(9)4-3-5-8(6)10/h5,10-12,14-15H,6-9H2,1-4H3,(H,19,20);3-5H,2,10H2,1H3. The normalized spacial score (nSPS) is 18.2. The lowest BCUT2D eigenvalue weighted by molar-refractivity contribution is -0.121. The quantitative estimate of drug-likeness (QED) is 0.445. The van der Waals surface area contributed by atoms with Crippen molar-refractivity contribution in [2.24, 2.45) is 17.8 Å². The molecule has 31 heavy (non-hydrogen) atoms. The van der Waals surface area contributed by atoms with E-state index in [0.29, 0.717) is 0 Å². The van der Waals surface area contributed by atoms with Crippen molar-refractivity contribution in [2.75, 3.05) is 18.2 Å². The minimum atomic E-state index is 0.156. The minimum absolute atomic E-state index is 0.156. The Balaban J connectivity index is 0.000000285. The third-order valence-electron chi connectivity index (χ3n) is 6.27. The molecule has 2 aromatic carbocycles. The number of benzene rings is 2.